The zero-order chi connectivity index (χ0) is 16.7. The van der Waals surface area contributed by atoms with E-state index in [1.165, 1.54) is 0 Å². The van der Waals surface area contributed by atoms with Crippen LogP contribution in [0.4, 0.5) is 11.4 Å². The lowest BCUT2D eigenvalue weighted by Gasteiger charge is -2.28. The predicted octanol–water partition coefficient (Wildman–Crippen LogP) is 3.37. The number of rotatable bonds is 3. The van der Waals surface area contributed by atoms with E-state index in [9.17, 15) is 9.90 Å². The molecule has 4 rings (SSSR count). The molecule has 1 saturated heterocycles. The number of ether oxygens (including phenoxy) is 1. The highest BCUT2D eigenvalue weighted by Gasteiger charge is 2.60. The Labute approximate surface area is 141 Å². The number of hydrogen-bond acceptors (Lipinski definition) is 3. The second-order valence-corrected chi connectivity index (χ2v) is 6.62. The topological polar surface area (TPSA) is 49.8 Å². The van der Waals surface area contributed by atoms with Crippen LogP contribution in [0, 0.1) is 5.92 Å². The first kappa shape index (κ1) is 15.4. The highest BCUT2D eigenvalue weighted by Crippen LogP contribution is 2.55. The van der Waals surface area contributed by atoms with Crippen molar-refractivity contribution in [1.29, 1.82) is 0 Å². The number of fused-ring (bicyclic) bond motifs is 2. The van der Waals surface area contributed by atoms with Crippen LogP contribution >= 0.6 is 0 Å². The maximum atomic E-state index is 13.5. The first-order valence-corrected chi connectivity index (χ1v) is 8.46. The molecule has 0 aromatic heterocycles. The molecular formula is C20H21NO3. The number of anilines is 2. The molecule has 1 spiro atoms. The molecule has 1 N–H and O–H groups in total. The van der Waals surface area contributed by atoms with E-state index in [4.69, 9.17) is 4.74 Å². The molecule has 24 heavy (non-hydrogen) atoms. The molecule has 0 saturated carbocycles. The van der Waals surface area contributed by atoms with Gasteiger partial charge in [0.15, 0.2) is 5.60 Å². The van der Waals surface area contributed by atoms with E-state index < -0.39 is 5.60 Å². The van der Waals surface area contributed by atoms with Gasteiger partial charge in [0, 0.05) is 23.8 Å². The average molecular weight is 323 g/mol. The number of amides is 1. The molecule has 2 heterocycles. The smallest absolute Gasteiger partial charge is 0.268 e. The molecule has 0 bridgehead atoms. The summed E-state index contributed by atoms with van der Waals surface area (Å²) in [7, 11) is 0. The number of carbonyl (C=O) groups excluding carboxylic acids is 1. The summed E-state index contributed by atoms with van der Waals surface area (Å²) >= 11 is 0. The summed E-state index contributed by atoms with van der Waals surface area (Å²) in [6, 6.07) is 17.6. The monoisotopic (exact) mass is 323 g/mol. The van der Waals surface area contributed by atoms with E-state index in [1.54, 1.807) is 4.90 Å². The fraction of sp³-hybridized carbons (Fsp3) is 0.350. The van der Waals surface area contributed by atoms with Crippen molar-refractivity contribution >= 4 is 17.3 Å². The number of para-hydroxylation sites is 2. The van der Waals surface area contributed by atoms with Crippen molar-refractivity contribution in [3.05, 3.63) is 60.2 Å². The Morgan fingerprint density at radius 1 is 1.17 bits per heavy atom. The molecule has 2 aliphatic heterocycles. The fourth-order valence-corrected chi connectivity index (χ4v) is 4.11. The second kappa shape index (κ2) is 5.72. The van der Waals surface area contributed by atoms with Gasteiger partial charge in [0.05, 0.1) is 11.8 Å². The number of nitrogens with zero attached hydrogens (tertiary/aromatic N) is 1. The van der Waals surface area contributed by atoms with Crippen LogP contribution in [0.2, 0.25) is 0 Å². The number of aliphatic hydroxyl groups excluding tert-OH is 1. The quantitative estimate of drug-likeness (QED) is 0.942. The molecule has 4 nitrogen and oxygen atoms in total. The van der Waals surface area contributed by atoms with Gasteiger partial charge in [-0.3, -0.25) is 9.69 Å². The minimum atomic E-state index is -0.938. The fourth-order valence-electron chi connectivity index (χ4n) is 4.11. The van der Waals surface area contributed by atoms with Gasteiger partial charge in [-0.2, -0.15) is 0 Å². The van der Waals surface area contributed by atoms with E-state index in [-0.39, 0.29) is 24.5 Å². The first-order valence-electron chi connectivity index (χ1n) is 8.46. The van der Waals surface area contributed by atoms with Gasteiger partial charge >= 0.3 is 0 Å². The van der Waals surface area contributed by atoms with E-state index in [0.29, 0.717) is 6.42 Å². The Kier molecular flexibility index (Phi) is 3.66. The van der Waals surface area contributed by atoms with Crippen molar-refractivity contribution < 1.29 is 14.6 Å². The van der Waals surface area contributed by atoms with E-state index in [0.717, 1.165) is 23.4 Å². The van der Waals surface area contributed by atoms with Crippen molar-refractivity contribution in [2.24, 2.45) is 5.92 Å². The first-order chi connectivity index (χ1) is 11.7. The Morgan fingerprint density at radius 2 is 1.88 bits per heavy atom. The standard InChI is InChI=1S/C20H21NO3/c1-14-13-16(11-12-22)24-20(14)17-9-5-6-10-18(17)21(19(20)23)15-7-3-2-4-8-15/h2-10,14,16,22H,11-13H2,1H3/t14-,16+,20+/m0/s1. The second-order valence-electron chi connectivity index (χ2n) is 6.62. The summed E-state index contributed by atoms with van der Waals surface area (Å²) in [6.07, 6.45) is 1.26. The zero-order valence-electron chi connectivity index (χ0n) is 13.7. The maximum Gasteiger partial charge on any atom is 0.268 e. The summed E-state index contributed by atoms with van der Waals surface area (Å²) in [5, 5.41) is 9.26. The van der Waals surface area contributed by atoms with Crippen molar-refractivity contribution in [3.8, 4) is 0 Å². The zero-order valence-corrected chi connectivity index (χ0v) is 13.7. The molecule has 2 aromatic carbocycles. The summed E-state index contributed by atoms with van der Waals surface area (Å²) < 4.78 is 6.30. The average Bonchev–Trinajstić information content (AvgIpc) is 3.06. The number of aliphatic hydroxyl groups is 1. The summed E-state index contributed by atoms with van der Waals surface area (Å²) in [6.45, 7) is 2.15. The Balaban J connectivity index is 1.84. The molecular weight excluding hydrogens is 302 g/mol. The van der Waals surface area contributed by atoms with E-state index in [1.807, 2.05) is 54.6 Å². The van der Waals surface area contributed by atoms with Crippen LogP contribution in [0.25, 0.3) is 0 Å². The summed E-state index contributed by atoms with van der Waals surface area (Å²) in [5.74, 6) is 0.0410. The van der Waals surface area contributed by atoms with Gasteiger partial charge in [-0.15, -0.1) is 0 Å². The van der Waals surface area contributed by atoms with Gasteiger partial charge in [-0.25, -0.2) is 0 Å². The third-order valence-corrected chi connectivity index (χ3v) is 5.19. The van der Waals surface area contributed by atoms with Gasteiger partial charge in [0.2, 0.25) is 0 Å². The molecule has 0 radical (unpaired) electrons. The molecule has 0 aliphatic carbocycles. The van der Waals surface area contributed by atoms with Gasteiger partial charge < -0.3 is 9.84 Å². The third-order valence-electron chi connectivity index (χ3n) is 5.19. The number of carbonyl (C=O) groups is 1. The lowest BCUT2D eigenvalue weighted by Crippen LogP contribution is -2.42. The minimum absolute atomic E-state index is 0.0251. The van der Waals surface area contributed by atoms with Crippen LogP contribution in [0.1, 0.15) is 25.3 Å². The van der Waals surface area contributed by atoms with E-state index in [2.05, 4.69) is 6.92 Å². The molecule has 124 valence electrons. The van der Waals surface area contributed by atoms with Crippen LogP contribution < -0.4 is 4.90 Å². The molecule has 1 fully saturated rings. The van der Waals surface area contributed by atoms with Crippen LogP contribution in [-0.2, 0) is 15.1 Å². The van der Waals surface area contributed by atoms with Crippen LogP contribution in [0.3, 0.4) is 0 Å². The normalized spacial score (nSPS) is 28.6. The largest absolute Gasteiger partial charge is 0.396 e. The van der Waals surface area contributed by atoms with Crippen molar-refractivity contribution in [2.75, 3.05) is 11.5 Å². The van der Waals surface area contributed by atoms with Crippen LogP contribution in [0.5, 0.6) is 0 Å². The van der Waals surface area contributed by atoms with Gasteiger partial charge in [0.25, 0.3) is 5.91 Å². The SMILES string of the molecule is C[C@H]1C[C@@H](CCO)O[C@]12C(=O)N(c1ccccc1)c1ccccc12. The number of hydrogen-bond donors (Lipinski definition) is 1. The summed E-state index contributed by atoms with van der Waals surface area (Å²) in [4.78, 5) is 15.3. The van der Waals surface area contributed by atoms with Gasteiger partial charge in [0.1, 0.15) is 0 Å². The Hall–Kier alpha value is -2.17. The van der Waals surface area contributed by atoms with Crippen LogP contribution in [-0.4, -0.2) is 23.7 Å². The predicted molar refractivity (Wildman–Crippen MR) is 92.1 cm³/mol. The maximum absolute atomic E-state index is 13.5. The lowest BCUT2D eigenvalue weighted by molar-refractivity contribution is -0.145. The van der Waals surface area contributed by atoms with Crippen molar-refractivity contribution in [2.45, 2.75) is 31.5 Å². The molecule has 3 atom stereocenters. The molecule has 4 heteroatoms. The highest BCUT2D eigenvalue weighted by atomic mass is 16.5. The number of benzene rings is 2. The lowest BCUT2D eigenvalue weighted by atomic mass is 9.83. The molecule has 2 aromatic rings. The van der Waals surface area contributed by atoms with E-state index >= 15 is 0 Å². The summed E-state index contributed by atoms with van der Waals surface area (Å²) in [5.41, 5.74) is 1.75. The minimum Gasteiger partial charge on any atom is -0.396 e. The van der Waals surface area contributed by atoms with Crippen molar-refractivity contribution in [3.63, 3.8) is 0 Å². The highest BCUT2D eigenvalue weighted by molar-refractivity contribution is 6.12. The van der Waals surface area contributed by atoms with Gasteiger partial charge in [-0.05, 0) is 31.0 Å². The third kappa shape index (κ3) is 2.03. The Morgan fingerprint density at radius 3 is 2.62 bits per heavy atom. The Bertz CT molecular complexity index is 760. The molecule has 0 unspecified atom stereocenters. The molecule has 2 aliphatic rings. The van der Waals surface area contributed by atoms with Crippen molar-refractivity contribution in [1.82, 2.24) is 0 Å². The van der Waals surface area contributed by atoms with Crippen LogP contribution in [0.15, 0.2) is 54.6 Å². The van der Waals surface area contributed by atoms with Gasteiger partial charge in [-0.1, -0.05) is 43.3 Å². The molecule has 1 amide bonds.